The summed E-state index contributed by atoms with van der Waals surface area (Å²) in [6.45, 7) is 6.39. The lowest BCUT2D eigenvalue weighted by atomic mass is 9.92. The average molecular weight is 545 g/mol. The summed E-state index contributed by atoms with van der Waals surface area (Å²) in [6, 6.07) is -0.578. The number of aliphatic hydroxyl groups excluding tert-OH is 1. The van der Waals surface area contributed by atoms with Crippen molar-refractivity contribution in [2.24, 2.45) is 5.92 Å². The van der Waals surface area contributed by atoms with Crippen molar-refractivity contribution in [1.29, 1.82) is 0 Å². The third-order valence-corrected chi connectivity index (χ3v) is 6.46. The predicted octanol–water partition coefficient (Wildman–Crippen LogP) is 5.20. The van der Waals surface area contributed by atoms with Gasteiger partial charge >= 0.3 is 0 Å². The van der Waals surface area contributed by atoms with E-state index in [2.05, 4.69) is 57.1 Å². The molecular weight excluding hydrogens is 514 g/mol. The molecule has 1 amide bonds. The molecule has 0 unspecified atom stereocenters. The van der Waals surface area contributed by atoms with Crippen LogP contribution in [0.4, 0.5) is 0 Å². The van der Waals surface area contributed by atoms with Crippen LogP contribution in [-0.4, -0.2) is 34.7 Å². The summed E-state index contributed by atoms with van der Waals surface area (Å²) < 4.78 is 6.39. The largest absolute Gasteiger partial charge is 0.366 e. The van der Waals surface area contributed by atoms with Gasteiger partial charge in [0, 0.05) is 12.5 Å². The standard InChI is InChI=1S/C23H31Br2NO4/c1-4-5-6-7-8-15(2)11-16(3)9-10-20(27)26-19-14-23(30-22(19)29)12-17(24)21(28)18(25)13-23/h9-13,15,19,22,29H,4-8,14H2,1-3H3,(H,26,27)/b10-9+,16-11+/t15-,19+,22-/m1/s1. The molecule has 166 valence electrons. The number of unbranched alkanes of at least 4 members (excludes halogenated alkanes) is 3. The number of carbonyl (C=O) groups excluding carboxylic acids is 2. The van der Waals surface area contributed by atoms with Crippen molar-refractivity contribution >= 4 is 43.6 Å². The normalized spacial score (nSPS) is 24.9. The number of rotatable bonds is 9. The number of halogens is 2. The van der Waals surface area contributed by atoms with Gasteiger partial charge in [-0.25, -0.2) is 0 Å². The van der Waals surface area contributed by atoms with Gasteiger partial charge < -0.3 is 15.2 Å². The SMILES string of the molecule is CCCCCC[C@@H](C)/C=C(C)/C=C/C(=O)N[C@H]1CC2(C=C(Br)C(=O)C(Br)=C2)O[C@H]1O. The van der Waals surface area contributed by atoms with E-state index in [9.17, 15) is 14.7 Å². The van der Waals surface area contributed by atoms with Gasteiger partial charge in [0.05, 0.1) is 15.0 Å². The molecule has 0 bridgehead atoms. The van der Waals surface area contributed by atoms with Crippen LogP contribution in [0.5, 0.6) is 0 Å². The highest BCUT2D eigenvalue weighted by Gasteiger charge is 2.46. The number of allylic oxidation sites excluding steroid dienone is 5. The van der Waals surface area contributed by atoms with Crippen molar-refractivity contribution < 1.29 is 19.4 Å². The van der Waals surface area contributed by atoms with Crippen molar-refractivity contribution in [3.63, 3.8) is 0 Å². The highest BCUT2D eigenvalue weighted by Crippen LogP contribution is 2.40. The molecule has 1 aliphatic carbocycles. The van der Waals surface area contributed by atoms with Crippen LogP contribution in [0.1, 0.15) is 59.3 Å². The van der Waals surface area contributed by atoms with E-state index in [4.69, 9.17) is 4.74 Å². The lowest BCUT2D eigenvalue weighted by Crippen LogP contribution is -2.39. The number of ether oxygens (including phenoxy) is 1. The highest BCUT2D eigenvalue weighted by atomic mass is 79.9. The summed E-state index contributed by atoms with van der Waals surface area (Å²) >= 11 is 6.46. The van der Waals surface area contributed by atoms with E-state index in [-0.39, 0.29) is 11.7 Å². The van der Waals surface area contributed by atoms with Crippen molar-refractivity contribution in [2.75, 3.05) is 0 Å². The number of hydrogen-bond donors (Lipinski definition) is 2. The van der Waals surface area contributed by atoms with Crippen LogP contribution in [0.2, 0.25) is 0 Å². The summed E-state index contributed by atoms with van der Waals surface area (Å²) in [7, 11) is 0. The molecule has 2 rings (SSSR count). The van der Waals surface area contributed by atoms with Crippen LogP contribution in [0, 0.1) is 5.92 Å². The fourth-order valence-corrected chi connectivity index (χ4v) is 5.21. The first-order chi connectivity index (χ1) is 14.2. The molecule has 7 heteroatoms. The van der Waals surface area contributed by atoms with Crippen LogP contribution in [0.3, 0.4) is 0 Å². The molecule has 3 atom stereocenters. The molecule has 1 fully saturated rings. The Labute approximate surface area is 196 Å². The van der Waals surface area contributed by atoms with E-state index in [0.717, 1.165) is 12.0 Å². The van der Waals surface area contributed by atoms with Crippen LogP contribution < -0.4 is 5.32 Å². The van der Waals surface area contributed by atoms with Gasteiger partial charge in [0.25, 0.3) is 0 Å². The van der Waals surface area contributed by atoms with E-state index in [1.165, 1.54) is 31.8 Å². The molecular formula is C23H31Br2NO4. The molecule has 1 aliphatic heterocycles. The number of nitrogens with one attached hydrogen (secondary N) is 1. The molecule has 1 saturated heterocycles. The molecule has 0 aromatic rings. The van der Waals surface area contributed by atoms with Gasteiger partial charge in [-0.05, 0) is 63.3 Å². The lowest BCUT2D eigenvalue weighted by molar-refractivity contribution is -0.126. The molecule has 0 saturated carbocycles. The summed E-state index contributed by atoms with van der Waals surface area (Å²) in [4.78, 5) is 24.2. The van der Waals surface area contributed by atoms with E-state index in [1.54, 1.807) is 18.2 Å². The minimum absolute atomic E-state index is 0.184. The monoisotopic (exact) mass is 543 g/mol. The fraction of sp³-hybridized carbons (Fsp3) is 0.565. The van der Waals surface area contributed by atoms with Gasteiger partial charge in [0.2, 0.25) is 11.7 Å². The Morgan fingerprint density at radius 1 is 1.30 bits per heavy atom. The molecule has 0 radical (unpaired) electrons. The zero-order chi connectivity index (χ0) is 22.3. The average Bonchev–Trinajstić information content (AvgIpc) is 2.96. The first kappa shape index (κ1) is 25.2. The van der Waals surface area contributed by atoms with E-state index < -0.39 is 17.9 Å². The summed E-state index contributed by atoms with van der Waals surface area (Å²) in [6.07, 6.45) is 14.0. The second-order valence-electron chi connectivity index (χ2n) is 8.17. The van der Waals surface area contributed by atoms with Gasteiger partial charge in [-0.2, -0.15) is 0 Å². The van der Waals surface area contributed by atoms with Crippen molar-refractivity contribution in [1.82, 2.24) is 5.32 Å². The maximum Gasteiger partial charge on any atom is 0.244 e. The zero-order valence-corrected chi connectivity index (χ0v) is 21.0. The van der Waals surface area contributed by atoms with Gasteiger partial charge in [-0.1, -0.05) is 57.3 Å². The molecule has 2 aliphatic rings. The Bertz CT molecular complexity index is 747. The number of hydrogen-bond acceptors (Lipinski definition) is 4. The Kier molecular flexibility index (Phi) is 9.72. The second-order valence-corrected chi connectivity index (χ2v) is 9.88. The third-order valence-electron chi connectivity index (χ3n) is 5.28. The van der Waals surface area contributed by atoms with Crippen LogP contribution >= 0.6 is 31.9 Å². The van der Waals surface area contributed by atoms with Crippen molar-refractivity contribution in [2.45, 2.75) is 77.2 Å². The minimum atomic E-state index is -1.16. The number of ketones is 1. The first-order valence-corrected chi connectivity index (χ1v) is 12.1. The van der Waals surface area contributed by atoms with E-state index >= 15 is 0 Å². The molecule has 2 N–H and O–H groups in total. The van der Waals surface area contributed by atoms with Gasteiger partial charge in [0.15, 0.2) is 6.29 Å². The van der Waals surface area contributed by atoms with Crippen molar-refractivity contribution in [3.8, 4) is 0 Å². The van der Waals surface area contributed by atoms with Crippen LogP contribution in [0.15, 0.2) is 44.9 Å². The number of amides is 1. The summed E-state index contributed by atoms with van der Waals surface area (Å²) in [5, 5.41) is 13.1. The van der Waals surface area contributed by atoms with Crippen LogP contribution in [-0.2, 0) is 14.3 Å². The maximum absolute atomic E-state index is 12.3. The Balaban J connectivity index is 1.89. The fourth-order valence-electron chi connectivity index (χ4n) is 3.74. The molecule has 30 heavy (non-hydrogen) atoms. The third kappa shape index (κ3) is 7.29. The quantitative estimate of drug-likeness (QED) is 0.238. The Hall–Kier alpha value is -1.02. The van der Waals surface area contributed by atoms with E-state index in [1.807, 2.05) is 6.92 Å². The number of carbonyl (C=O) groups is 2. The Morgan fingerprint density at radius 2 is 1.97 bits per heavy atom. The second kappa shape index (κ2) is 11.6. The first-order valence-electron chi connectivity index (χ1n) is 10.5. The van der Waals surface area contributed by atoms with Gasteiger partial charge in [0.1, 0.15) is 5.60 Å². The van der Waals surface area contributed by atoms with Crippen LogP contribution in [0.25, 0.3) is 0 Å². The number of aliphatic hydroxyl groups is 1. The lowest BCUT2D eigenvalue weighted by Gasteiger charge is -2.25. The predicted molar refractivity (Wildman–Crippen MR) is 126 cm³/mol. The molecule has 1 spiro atoms. The molecule has 0 aromatic heterocycles. The van der Waals surface area contributed by atoms with E-state index in [0.29, 0.717) is 21.3 Å². The highest BCUT2D eigenvalue weighted by molar-refractivity contribution is 9.13. The molecule has 1 heterocycles. The minimum Gasteiger partial charge on any atom is -0.366 e. The molecule has 0 aromatic carbocycles. The van der Waals surface area contributed by atoms with Gasteiger partial charge in [-0.3, -0.25) is 9.59 Å². The topological polar surface area (TPSA) is 75.6 Å². The summed E-state index contributed by atoms with van der Waals surface area (Å²) in [5.41, 5.74) is 0.104. The summed E-state index contributed by atoms with van der Waals surface area (Å²) in [5.74, 6) is 0.000901. The molecule has 5 nitrogen and oxygen atoms in total. The maximum atomic E-state index is 12.3. The number of Topliss-reactive ketones (excluding diaryl/α,β-unsaturated/α-hetero) is 1. The van der Waals surface area contributed by atoms with Gasteiger partial charge in [-0.15, -0.1) is 0 Å². The zero-order valence-electron chi connectivity index (χ0n) is 17.8. The Morgan fingerprint density at radius 3 is 2.60 bits per heavy atom. The van der Waals surface area contributed by atoms with Crippen molar-refractivity contribution in [3.05, 3.63) is 44.9 Å². The smallest absolute Gasteiger partial charge is 0.244 e.